The molecule has 220 valence electrons. The number of benzene rings is 1. The number of piperidine rings is 1. The number of aromatic nitrogens is 3. The lowest BCUT2D eigenvalue weighted by Crippen LogP contribution is -2.38. The number of carbonyl (C=O) groups is 2. The van der Waals surface area contributed by atoms with Gasteiger partial charge in [0.05, 0.1) is 12.8 Å². The lowest BCUT2D eigenvalue weighted by Gasteiger charge is -2.32. The molecule has 1 aliphatic heterocycles. The van der Waals surface area contributed by atoms with E-state index in [0.29, 0.717) is 23.9 Å². The number of alkyl halides is 3. The molecule has 0 bridgehead atoms. The molecule has 4 N–H and O–H groups in total. The smallest absolute Gasteiger partial charge is 0.406 e. The highest BCUT2D eigenvalue weighted by atomic mass is 32.1. The molecule has 1 aromatic carbocycles. The molecule has 4 rings (SSSR count). The van der Waals surface area contributed by atoms with Crippen molar-refractivity contribution < 1.29 is 27.5 Å². The van der Waals surface area contributed by atoms with Crippen molar-refractivity contribution in [1.29, 1.82) is 5.41 Å². The second kappa shape index (κ2) is 13.8. The minimum Gasteiger partial charge on any atom is -0.406 e. The standard InChI is InChI=1S/C27H27F3N8O3S/c28-27(29,30)41-20-8-3-5-17(13-20)14-23(39)34-21(31)9-10-22(32)38-12-4-6-18(16-38)25-36-37-26(42-25)35-24(40)15-19-7-1-2-11-33-19/h1-3,5,7-11,13,18,32H,4,6,12,14-16H2,(H2,31,34,39)(H,35,37,40)/b10-9-,32-22?. The highest BCUT2D eigenvalue weighted by Gasteiger charge is 2.31. The van der Waals surface area contributed by atoms with E-state index in [-0.39, 0.29) is 41.9 Å². The van der Waals surface area contributed by atoms with Crippen molar-refractivity contribution >= 4 is 40.0 Å². The lowest BCUT2D eigenvalue weighted by molar-refractivity contribution is -0.274. The Labute approximate surface area is 242 Å². The van der Waals surface area contributed by atoms with E-state index in [0.717, 1.165) is 30.0 Å². The molecule has 1 atom stereocenters. The van der Waals surface area contributed by atoms with E-state index >= 15 is 0 Å². The Morgan fingerprint density at radius 3 is 2.79 bits per heavy atom. The fraction of sp³-hybridized carbons (Fsp3) is 0.296. The van der Waals surface area contributed by atoms with Gasteiger partial charge in [0, 0.05) is 30.9 Å². The maximum atomic E-state index is 12.4. The Balaban J connectivity index is 1.28. The summed E-state index contributed by atoms with van der Waals surface area (Å²) in [5.74, 6) is -1.31. The van der Waals surface area contributed by atoms with Crippen LogP contribution in [0, 0.1) is 5.41 Å². The van der Waals surface area contributed by atoms with Crippen molar-refractivity contribution in [2.24, 2.45) is 10.7 Å². The van der Waals surface area contributed by atoms with E-state index in [9.17, 15) is 22.8 Å². The minimum atomic E-state index is -4.84. The van der Waals surface area contributed by atoms with Crippen molar-refractivity contribution in [2.75, 3.05) is 18.4 Å². The number of aliphatic imine (C=N–C) groups is 1. The number of amides is 2. The van der Waals surface area contributed by atoms with E-state index < -0.39 is 18.0 Å². The normalized spacial score (nSPS) is 15.9. The van der Waals surface area contributed by atoms with Crippen molar-refractivity contribution in [2.45, 2.75) is 38.0 Å². The molecule has 2 aromatic heterocycles. The number of amidine groups is 2. The summed E-state index contributed by atoms with van der Waals surface area (Å²) < 4.78 is 41.1. The molecule has 15 heteroatoms. The number of halogens is 3. The highest BCUT2D eigenvalue weighted by Crippen LogP contribution is 2.31. The van der Waals surface area contributed by atoms with Crippen molar-refractivity contribution in [3.63, 3.8) is 0 Å². The molecule has 1 unspecified atom stereocenters. The molecule has 3 aromatic rings. The largest absolute Gasteiger partial charge is 0.573 e. The zero-order valence-corrected chi connectivity index (χ0v) is 23.0. The van der Waals surface area contributed by atoms with E-state index in [4.69, 9.17) is 11.1 Å². The number of rotatable bonds is 9. The van der Waals surface area contributed by atoms with E-state index in [1.807, 2.05) is 11.0 Å². The molecule has 11 nitrogen and oxygen atoms in total. The van der Waals surface area contributed by atoms with Crippen LogP contribution in [0.4, 0.5) is 18.3 Å². The first-order chi connectivity index (χ1) is 20.0. The quantitative estimate of drug-likeness (QED) is 0.247. The number of likely N-dealkylation sites (tertiary alicyclic amines) is 1. The van der Waals surface area contributed by atoms with Crippen molar-refractivity contribution in [1.82, 2.24) is 20.1 Å². The number of nitrogens with one attached hydrogen (secondary N) is 2. The van der Waals surface area contributed by atoms with Gasteiger partial charge in [-0.05, 0) is 54.8 Å². The average Bonchev–Trinajstić information content (AvgIpc) is 3.40. The maximum Gasteiger partial charge on any atom is 0.573 e. The number of hydrogen-bond acceptors (Lipinski definition) is 8. The molecule has 1 saturated heterocycles. The van der Waals surface area contributed by atoms with Crippen molar-refractivity contribution in [3.8, 4) is 5.75 Å². The summed E-state index contributed by atoms with van der Waals surface area (Å²) in [6, 6.07) is 10.4. The fourth-order valence-electron chi connectivity index (χ4n) is 4.20. The second-order valence-electron chi connectivity index (χ2n) is 9.30. The van der Waals surface area contributed by atoms with Gasteiger partial charge in [-0.3, -0.25) is 20.0 Å². The number of pyridine rings is 1. The summed E-state index contributed by atoms with van der Waals surface area (Å²) in [5, 5.41) is 20.7. The van der Waals surface area contributed by atoms with Crippen LogP contribution in [0.25, 0.3) is 0 Å². The third-order valence-electron chi connectivity index (χ3n) is 6.02. The number of nitrogens with zero attached hydrogens (tertiary/aromatic N) is 5. The lowest BCUT2D eigenvalue weighted by atomic mass is 9.98. The summed E-state index contributed by atoms with van der Waals surface area (Å²) in [6.07, 6.45) is 1.04. The molecule has 0 spiro atoms. The first-order valence-electron chi connectivity index (χ1n) is 12.8. The highest BCUT2D eigenvalue weighted by molar-refractivity contribution is 7.15. The molecule has 42 heavy (non-hydrogen) atoms. The Morgan fingerprint density at radius 2 is 2.02 bits per heavy atom. The molecule has 1 fully saturated rings. The summed E-state index contributed by atoms with van der Waals surface area (Å²) >= 11 is 1.29. The second-order valence-corrected chi connectivity index (χ2v) is 10.3. The number of nitrogens with two attached hydrogens (primary N) is 1. The van der Waals surface area contributed by atoms with Crippen LogP contribution in [0.3, 0.4) is 0 Å². The number of ether oxygens (including phenoxy) is 1. The van der Waals surface area contributed by atoms with Crippen LogP contribution in [-0.2, 0) is 22.4 Å². The van der Waals surface area contributed by atoms with Crippen LogP contribution in [-0.4, -0.2) is 63.0 Å². The molecule has 0 radical (unpaired) electrons. The van der Waals surface area contributed by atoms with Gasteiger partial charge in [-0.15, -0.1) is 23.4 Å². The molecule has 0 saturated carbocycles. The summed E-state index contributed by atoms with van der Waals surface area (Å²) in [7, 11) is 0. The van der Waals surface area contributed by atoms with Gasteiger partial charge in [-0.2, -0.15) is 4.99 Å². The topological polar surface area (TPSA) is 160 Å². The van der Waals surface area contributed by atoms with E-state index in [1.165, 1.54) is 35.6 Å². The van der Waals surface area contributed by atoms with Crippen LogP contribution in [0.5, 0.6) is 5.75 Å². The molecular weight excluding hydrogens is 573 g/mol. The zero-order valence-electron chi connectivity index (χ0n) is 22.2. The van der Waals surface area contributed by atoms with Crippen LogP contribution in [0.2, 0.25) is 0 Å². The van der Waals surface area contributed by atoms with Crippen LogP contribution >= 0.6 is 11.3 Å². The van der Waals surface area contributed by atoms with Gasteiger partial charge in [0.15, 0.2) is 0 Å². The van der Waals surface area contributed by atoms with E-state index in [1.54, 1.807) is 18.3 Å². The van der Waals surface area contributed by atoms with Gasteiger partial charge in [-0.1, -0.05) is 29.5 Å². The first kappa shape index (κ1) is 30.3. The van der Waals surface area contributed by atoms with E-state index in [2.05, 4.69) is 30.2 Å². The monoisotopic (exact) mass is 600 g/mol. The first-order valence-corrected chi connectivity index (χ1v) is 13.6. The van der Waals surface area contributed by atoms with Gasteiger partial charge in [-0.25, -0.2) is 0 Å². The molecule has 3 heterocycles. The van der Waals surface area contributed by atoms with Gasteiger partial charge in [0.25, 0.3) is 5.91 Å². The molecular formula is C27H27F3N8O3S. The van der Waals surface area contributed by atoms with Gasteiger partial charge in [0.1, 0.15) is 22.4 Å². The third-order valence-corrected chi connectivity index (χ3v) is 7.02. The predicted molar refractivity (Wildman–Crippen MR) is 150 cm³/mol. The number of carbonyl (C=O) groups excluding carboxylic acids is 2. The Bertz CT molecular complexity index is 1480. The third kappa shape index (κ3) is 9.47. The minimum absolute atomic E-state index is 0.0103. The predicted octanol–water partition coefficient (Wildman–Crippen LogP) is 3.85. The zero-order chi connectivity index (χ0) is 30.1. The number of anilines is 1. The maximum absolute atomic E-state index is 12.4. The SMILES string of the molecule is N=C(/C=C\C(N)=NC(=O)Cc1cccc(OC(F)(F)F)c1)N1CCCC(c2nnc(NC(=O)Cc3ccccn3)s2)C1. The van der Waals surface area contributed by atoms with Crippen molar-refractivity contribution in [3.05, 3.63) is 77.1 Å². The molecule has 1 aliphatic rings. The fourth-order valence-corrected chi connectivity index (χ4v) is 5.08. The number of hydrogen-bond donors (Lipinski definition) is 3. The van der Waals surface area contributed by atoms with Gasteiger partial charge in [0.2, 0.25) is 11.0 Å². The van der Waals surface area contributed by atoms with Gasteiger partial charge >= 0.3 is 6.36 Å². The summed E-state index contributed by atoms with van der Waals surface area (Å²) in [6.45, 7) is 1.14. The summed E-state index contributed by atoms with van der Waals surface area (Å²) in [4.78, 5) is 34.3. The van der Waals surface area contributed by atoms with Crippen LogP contribution in [0.15, 0.2) is 65.8 Å². The Kier molecular flexibility index (Phi) is 9.96. The van der Waals surface area contributed by atoms with Crippen LogP contribution in [0.1, 0.15) is 35.0 Å². The molecule has 0 aliphatic carbocycles. The average molecular weight is 601 g/mol. The Hall–Kier alpha value is -4.66. The summed E-state index contributed by atoms with van der Waals surface area (Å²) in [5.41, 5.74) is 6.75. The van der Waals surface area contributed by atoms with Crippen LogP contribution < -0.4 is 15.8 Å². The van der Waals surface area contributed by atoms with Gasteiger partial charge < -0.3 is 20.7 Å². The Morgan fingerprint density at radius 1 is 1.19 bits per heavy atom. The molecule has 2 amide bonds.